The van der Waals surface area contributed by atoms with E-state index in [2.05, 4.69) is 4.98 Å². The number of carboxylic acid groups (broad SMARTS) is 1. The third-order valence-electron chi connectivity index (χ3n) is 2.38. The number of hydrogen-bond donors (Lipinski definition) is 1. The van der Waals surface area contributed by atoms with Crippen molar-refractivity contribution in [1.82, 2.24) is 4.98 Å². The summed E-state index contributed by atoms with van der Waals surface area (Å²) in [5.41, 5.74) is 0.661. The van der Waals surface area contributed by atoms with E-state index in [1.807, 2.05) is 6.92 Å². The molecule has 6 heteroatoms. The number of aromatic nitrogens is 1. The summed E-state index contributed by atoms with van der Waals surface area (Å²) in [7, 11) is 0. The molecule has 2 rings (SSSR count). The van der Waals surface area contributed by atoms with E-state index in [-0.39, 0.29) is 11.5 Å². The van der Waals surface area contributed by atoms with E-state index < -0.39 is 5.97 Å². The molecular formula is C12H11FN2O2S. The minimum absolute atomic E-state index is 0.00449. The standard InChI is InChI=1S/C12H11FN2O2S/c1-2-15(9-5-3-4-8(13)6-9)12-14-10(7-18-12)11(16)17/h3-7H,2H2,1H3,(H,16,17). The lowest BCUT2D eigenvalue weighted by atomic mass is 10.3. The number of benzene rings is 1. The zero-order valence-corrected chi connectivity index (χ0v) is 10.4. The molecule has 0 saturated heterocycles. The fourth-order valence-electron chi connectivity index (χ4n) is 1.56. The molecular weight excluding hydrogens is 255 g/mol. The number of carbonyl (C=O) groups is 1. The summed E-state index contributed by atoms with van der Waals surface area (Å²) in [5.74, 6) is -1.39. The monoisotopic (exact) mass is 266 g/mol. The van der Waals surface area contributed by atoms with E-state index in [9.17, 15) is 9.18 Å². The fourth-order valence-corrected chi connectivity index (χ4v) is 2.44. The Balaban J connectivity index is 2.35. The van der Waals surface area contributed by atoms with Gasteiger partial charge in [0.25, 0.3) is 0 Å². The Morgan fingerprint density at radius 2 is 2.33 bits per heavy atom. The Hall–Kier alpha value is -1.95. The highest BCUT2D eigenvalue weighted by atomic mass is 32.1. The lowest BCUT2D eigenvalue weighted by molar-refractivity contribution is 0.0691. The van der Waals surface area contributed by atoms with Gasteiger partial charge in [0.15, 0.2) is 10.8 Å². The molecule has 0 aliphatic heterocycles. The Labute approximate surface area is 107 Å². The lowest BCUT2D eigenvalue weighted by Crippen LogP contribution is -2.16. The molecule has 0 spiro atoms. The van der Waals surface area contributed by atoms with Gasteiger partial charge in [-0.05, 0) is 25.1 Å². The normalized spacial score (nSPS) is 10.3. The number of rotatable bonds is 4. The highest BCUT2D eigenvalue weighted by Gasteiger charge is 2.15. The van der Waals surface area contributed by atoms with Gasteiger partial charge in [0.2, 0.25) is 0 Å². The molecule has 0 bridgehead atoms. The lowest BCUT2D eigenvalue weighted by Gasteiger charge is -2.19. The van der Waals surface area contributed by atoms with Crippen LogP contribution in [0.5, 0.6) is 0 Å². The number of aromatic carboxylic acids is 1. The van der Waals surface area contributed by atoms with Crippen LogP contribution in [0.2, 0.25) is 0 Å². The molecule has 0 radical (unpaired) electrons. The van der Waals surface area contributed by atoms with Crippen LogP contribution >= 0.6 is 11.3 Å². The zero-order valence-electron chi connectivity index (χ0n) is 9.63. The maximum Gasteiger partial charge on any atom is 0.355 e. The van der Waals surface area contributed by atoms with Crippen molar-refractivity contribution in [3.63, 3.8) is 0 Å². The van der Waals surface area contributed by atoms with Gasteiger partial charge in [-0.2, -0.15) is 0 Å². The van der Waals surface area contributed by atoms with Crippen molar-refractivity contribution in [2.75, 3.05) is 11.4 Å². The largest absolute Gasteiger partial charge is 0.476 e. The highest BCUT2D eigenvalue weighted by Crippen LogP contribution is 2.28. The number of anilines is 2. The van der Waals surface area contributed by atoms with Crippen LogP contribution in [0.4, 0.5) is 15.2 Å². The molecule has 0 atom stereocenters. The number of hydrogen-bond acceptors (Lipinski definition) is 4. The van der Waals surface area contributed by atoms with Crippen LogP contribution < -0.4 is 4.90 Å². The molecule has 2 aromatic rings. The maximum absolute atomic E-state index is 13.2. The quantitative estimate of drug-likeness (QED) is 0.923. The van der Waals surface area contributed by atoms with E-state index in [4.69, 9.17) is 5.11 Å². The average molecular weight is 266 g/mol. The van der Waals surface area contributed by atoms with Crippen LogP contribution in [0.15, 0.2) is 29.6 Å². The Bertz CT molecular complexity index is 571. The minimum Gasteiger partial charge on any atom is -0.476 e. The van der Waals surface area contributed by atoms with Crippen LogP contribution in [0, 0.1) is 5.82 Å². The zero-order chi connectivity index (χ0) is 13.1. The highest BCUT2D eigenvalue weighted by molar-refractivity contribution is 7.14. The van der Waals surface area contributed by atoms with Crippen molar-refractivity contribution >= 4 is 28.1 Å². The molecule has 0 fully saturated rings. The van der Waals surface area contributed by atoms with Crippen molar-refractivity contribution in [3.05, 3.63) is 41.2 Å². The predicted molar refractivity (Wildman–Crippen MR) is 68.2 cm³/mol. The molecule has 18 heavy (non-hydrogen) atoms. The van der Waals surface area contributed by atoms with Crippen LogP contribution in [-0.2, 0) is 0 Å². The van der Waals surface area contributed by atoms with Gasteiger partial charge in [-0.1, -0.05) is 6.07 Å². The first-order valence-corrected chi connectivity index (χ1v) is 6.21. The summed E-state index contributed by atoms with van der Waals surface area (Å²) in [6.45, 7) is 2.47. The van der Waals surface area contributed by atoms with Crippen LogP contribution in [0.25, 0.3) is 0 Å². The SMILES string of the molecule is CCN(c1cccc(F)c1)c1nc(C(=O)O)cs1. The van der Waals surface area contributed by atoms with E-state index in [0.717, 1.165) is 0 Å². The van der Waals surface area contributed by atoms with Crippen molar-refractivity contribution in [2.24, 2.45) is 0 Å². The van der Waals surface area contributed by atoms with Crippen molar-refractivity contribution in [1.29, 1.82) is 0 Å². The van der Waals surface area contributed by atoms with Crippen molar-refractivity contribution < 1.29 is 14.3 Å². The van der Waals surface area contributed by atoms with E-state index in [1.165, 1.54) is 28.8 Å². The van der Waals surface area contributed by atoms with Gasteiger partial charge in [-0.15, -0.1) is 11.3 Å². The summed E-state index contributed by atoms with van der Waals surface area (Å²) < 4.78 is 13.2. The van der Waals surface area contributed by atoms with Gasteiger partial charge < -0.3 is 10.0 Å². The topological polar surface area (TPSA) is 53.4 Å². The van der Waals surface area contributed by atoms with Gasteiger partial charge >= 0.3 is 5.97 Å². The molecule has 1 aromatic carbocycles. The van der Waals surface area contributed by atoms with Crippen molar-refractivity contribution in [2.45, 2.75) is 6.92 Å². The summed E-state index contributed by atoms with van der Waals surface area (Å²) in [6.07, 6.45) is 0. The molecule has 0 saturated carbocycles. The smallest absolute Gasteiger partial charge is 0.355 e. The average Bonchev–Trinajstić information content (AvgIpc) is 2.80. The Kier molecular flexibility index (Phi) is 3.57. The van der Waals surface area contributed by atoms with Crippen LogP contribution in [0.3, 0.4) is 0 Å². The van der Waals surface area contributed by atoms with Gasteiger partial charge in [-0.25, -0.2) is 14.2 Å². The van der Waals surface area contributed by atoms with E-state index >= 15 is 0 Å². The molecule has 1 N–H and O–H groups in total. The third kappa shape index (κ3) is 2.48. The van der Waals surface area contributed by atoms with Crippen LogP contribution in [-0.4, -0.2) is 22.6 Å². The number of carboxylic acids is 1. The van der Waals surface area contributed by atoms with E-state index in [1.54, 1.807) is 17.0 Å². The second-order valence-corrected chi connectivity index (χ2v) is 4.38. The first-order valence-electron chi connectivity index (χ1n) is 5.33. The summed E-state index contributed by atoms with van der Waals surface area (Å²) >= 11 is 1.22. The number of thiazole rings is 1. The molecule has 0 amide bonds. The molecule has 1 aromatic heterocycles. The number of nitrogens with zero attached hydrogens (tertiary/aromatic N) is 2. The molecule has 0 aliphatic carbocycles. The van der Waals surface area contributed by atoms with E-state index in [0.29, 0.717) is 17.4 Å². The maximum atomic E-state index is 13.2. The third-order valence-corrected chi connectivity index (χ3v) is 3.24. The summed E-state index contributed by atoms with van der Waals surface area (Å²) in [4.78, 5) is 16.6. The molecule has 4 nitrogen and oxygen atoms in total. The predicted octanol–water partition coefficient (Wildman–Crippen LogP) is 3.14. The van der Waals surface area contributed by atoms with Gasteiger partial charge in [0.1, 0.15) is 5.82 Å². The van der Waals surface area contributed by atoms with Gasteiger partial charge in [-0.3, -0.25) is 0 Å². The Morgan fingerprint density at radius 3 is 2.89 bits per heavy atom. The second-order valence-electron chi connectivity index (χ2n) is 3.54. The first kappa shape index (κ1) is 12.5. The fraction of sp³-hybridized carbons (Fsp3) is 0.167. The summed E-state index contributed by atoms with van der Waals surface area (Å²) in [6, 6.07) is 6.13. The Morgan fingerprint density at radius 1 is 1.56 bits per heavy atom. The molecule has 0 aliphatic rings. The molecule has 94 valence electrons. The second kappa shape index (κ2) is 5.14. The minimum atomic E-state index is -1.06. The van der Waals surface area contributed by atoms with Gasteiger partial charge in [0, 0.05) is 17.6 Å². The molecule has 1 heterocycles. The van der Waals surface area contributed by atoms with Crippen molar-refractivity contribution in [3.8, 4) is 0 Å². The van der Waals surface area contributed by atoms with Crippen LogP contribution in [0.1, 0.15) is 17.4 Å². The number of halogens is 1. The molecule has 0 unspecified atom stereocenters. The van der Waals surface area contributed by atoms with Gasteiger partial charge in [0.05, 0.1) is 0 Å². The first-order chi connectivity index (χ1) is 8.61. The summed E-state index contributed by atoms with van der Waals surface area (Å²) in [5, 5.41) is 10.8.